The summed E-state index contributed by atoms with van der Waals surface area (Å²) in [6.45, 7) is 0.987. The van der Waals surface area contributed by atoms with Gasteiger partial charge in [-0.05, 0) is 36.1 Å². The van der Waals surface area contributed by atoms with Crippen LogP contribution in [0.2, 0.25) is 0 Å². The molecule has 7 heteroatoms. The molecule has 1 aliphatic rings. The van der Waals surface area contributed by atoms with E-state index < -0.39 is 11.2 Å². The van der Waals surface area contributed by atoms with Crippen molar-refractivity contribution >= 4 is 22.6 Å². The molecule has 0 saturated heterocycles. The fourth-order valence-corrected chi connectivity index (χ4v) is 4.63. The smallest absolute Gasteiger partial charge is 0.318 e. The van der Waals surface area contributed by atoms with Crippen LogP contribution in [0.4, 0.5) is 5.69 Å². The highest BCUT2D eigenvalue weighted by molar-refractivity contribution is 6.08. The normalized spacial score (nSPS) is 13.4. The number of aromatic nitrogens is 3. The Balaban J connectivity index is 1.74. The quantitative estimate of drug-likeness (QED) is 0.504. The number of fused-ring (bicyclic) bond motifs is 2. The first-order valence-corrected chi connectivity index (χ1v) is 10.7. The maximum atomic E-state index is 13.8. The summed E-state index contributed by atoms with van der Waals surface area (Å²) < 4.78 is 4.33. The lowest BCUT2D eigenvalue weighted by Crippen LogP contribution is -2.38. The van der Waals surface area contributed by atoms with Crippen LogP contribution in [0.1, 0.15) is 28.0 Å². The van der Waals surface area contributed by atoms with Gasteiger partial charge in [0.2, 0.25) is 0 Å². The lowest BCUT2D eigenvalue weighted by Gasteiger charge is -2.29. The summed E-state index contributed by atoms with van der Waals surface area (Å²) in [7, 11) is 3.09. The summed E-state index contributed by atoms with van der Waals surface area (Å²) in [5.74, 6) is -0.168. The first kappa shape index (κ1) is 20.1. The number of carbonyl (C=O) groups excluding carboxylic acids is 1. The zero-order valence-corrected chi connectivity index (χ0v) is 18.1. The highest BCUT2D eigenvalue weighted by Crippen LogP contribution is 2.29. The molecule has 1 aliphatic heterocycles. The van der Waals surface area contributed by atoms with E-state index in [-0.39, 0.29) is 5.91 Å². The minimum absolute atomic E-state index is 0.168. The number of carbonyl (C=O) groups is 1. The molecule has 0 bridgehead atoms. The summed E-state index contributed by atoms with van der Waals surface area (Å²) in [6.07, 6.45) is 1.81. The molecule has 0 aliphatic carbocycles. The molecule has 0 N–H and O–H groups in total. The van der Waals surface area contributed by atoms with Crippen LogP contribution in [0.3, 0.4) is 0 Å². The topological polar surface area (TPSA) is 69.2 Å². The molecule has 162 valence electrons. The van der Waals surface area contributed by atoms with Gasteiger partial charge in [-0.1, -0.05) is 48.5 Å². The maximum absolute atomic E-state index is 13.8. The van der Waals surface area contributed by atoms with Gasteiger partial charge in [-0.15, -0.1) is 0 Å². The van der Waals surface area contributed by atoms with Crippen molar-refractivity contribution in [3.05, 3.63) is 98.3 Å². The molecular formula is C25H24N4O3. The number of hydrogen-bond acceptors (Lipinski definition) is 3. The molecule has 2 aromatic heterocycles. The van der Waals surface area contributed by atoms with Crippen molar-refractivity contribution in [1.29, 1.82) is 0 Å². The molecule has 32 heavy (non-hydrogen) atoms. The molecule has 0 unspecified atom stereocenters. The van der Waals surface area contributed by atoms with Crippen molar-refractivity contribution in [3.8, 4) is 0 Å². The van der Waals surface area contributed by atoms with Crippen LogP contribution in [-0.4, -0.2) is 26.2 Å². The van der Waals surface area contributed by atoms with Crippen LogP contribution in [0.15, 0.2) is 70.3 Å². The third-order valence-corrected chi connectivity index (χ3v) is 6.25. The van der Waals surface area contributed by atoms with E-state index >= 15 is 0 Å². The summed E-state index contributed by atoms with van der Waals surface area (Å²) in [6, 6.07) is 19.3. The maximum Gasteiger partial charge on any atom is 0.332 e. The number of para-hydroxylation sites is 1. The first-order valence-electron chi connectivity index (χ1n) is 10.7. The Bertz CT molecular complexity index is 1460. The predicted molar refractivity (Wildman–Crippen MR) is 124 cm³/mol. The zero-order chi connectivity index (χ0) is 22.4. The van der Waals surface area contributed by atoms with Crippen molar-refractivity contribution in [2.45, 2.75) is 19.4 Å². The van der Waals surface area contributed by atoms with Crippen LogP contribution < -0.4 is 16.1 Å². The van der Waals surface area contributed by atoms with Gasteiger partial charge in [-0.25, -0.2) is 4.79 Å². The predicted octanol–water partition coefficient (Wildman–Crippen LogP) is 2.68. The van der Waals surface area contributed by atoms with Gasteiger partial charge in [-0.2, -0.15) is 0 Å². The highest BCUT2D eigenvalue weighted by Gasteiger charge is 2.28. The average molecular weight is 428 g/mol. The van der Waals surface area contributed by atoms with Crippen LogP contribution in [0.25, 0.3) is 11.0 Å². The number of amides is 1. The van der Waals surface area contributed by atoms with Crippen molar-refractivity contribution in [1.82, 2.24) is 13.7 Å². The summed E-state index contributed by atoms with van der Waals surface area (Å²) in [5.41, 5.74) is 3.06. The SMILES string of the molecule is Cn1c(=O)c2cc(C(=O)N3CCCc4ccccc43)n(Cc3ccccc3)c2n(C)c1=O. The van der Waals surface area contributed by atoms with Crippen molar-refractivity contribution < 1.29 is 4.79 Å². The minimum Gasteiger partial charge on any atom is -0.318 e. The molecule has 1 amide bonds. The fourth-order valence-electron chi connectivity index (χ4n) is 4.63. The van der Waals surface area contributed by atoms with Gasteiger partial charge in [0.05, 0.1) is 5.39 Å². The minimum atomic E-state index is -0.419. The van der Waals surface area contributed by atoms with E-state index in [9.17, 15) is 14.4 Å². The average Bonchev–Trinajstić information content (AvgIpc) is 3.20. The Hall–Kier alpha value is -3.87. The van der Waals surface area contributed by atoms with E-state index in [1.807, 2.05) is 54.6 Å². The second-order valence-electron chi connectivity index (χ2n) is 8.23. The molecule has 7 nitrogen and oxygen atoms in total. The molecule has 5 rings (SSSR count). The molecule has 0 saturated carbocycles. The van der Waals surface area contributed by atoms with Gasteiger partial charge in [0.1, 0.15) is 11.3 Å². The zero-order valence-electron chi connectivity index (χ0n) is 18.1. The molecule has 0 atom stereocenters. The monoisotopic (exact) mass is 428 g/mol. The van der Waals surface area contributed by atoms with Crippen LogP contribution in [0.5, 0.6) is 0 Å². The molecule has 4 aromatic rings. The highest BCUT2D eigenvalue weighted by atomic mass is 16.2. The first-order chi connectivity index (χ1) is 15.5. The van der Waals surface area contributed by atoms with Crippen molar-refractivity contribution in [2.75, 3.05) is 11.4 Å². The van der Waals surface area contributed by atoms with Crippen LogP contribution in [0, 0.1) is 0 Å². The Kier molecular flexibility index (Phi) is 4.81. The second kappa shape index (κ2) is 7.67. The third kappa shape index (κ3) is 3.09. The molecule has 3 heterocycles. The van der Waals surface area contributed by atoms with Gasteiger partial charge in [0.25, 0.3) is 11.5 Å². The third-order valence-electron chi connectivity index (χ3n) is 6.25. The summed E-state index contributed by atoms with van der Waals surface area (Å²) in [4.78, 5) is 41.2. The van der Waals surface area contributed by atoms with E-state index in [1.165, 1.54) is 11.6 Å². The molecular weight excluding hydrogens is 404 g/mol. The van der Waals surface area contributed by atoms with Crippen LogP contribution >= 0.6 is 0 Å². The number of anilines is 1. The number of benzene rings is 2. The standard InChI is InChI=1S/C25H24N4O3/c1-26-22-19(23(30)27(2)25(26)32)15-21(29(22)16-17-9-4-3-5-10-17)24(31)28-14-8-12-18-11-6-7-13-20(18)28/h3-7,9-11,13,15H,8,12,14,16H2,1-2H3. The van der Waals surface area contributed by atoms with Gasteiger partial charge in [0, 0.05) is 32.9 Å². The fraction of sp³-hybridized carbons (Fsp3) is 0.240. The Morgan fingerprint density at radius 1 is 0.938 bits per heavy atom. The number of aryl methyl sites for hydroxylation is 2. The van der Waals surface area contributed by atoms with E-state index in [1.54, 1.807) is 22.6 Å². The van der Waals surface area contributed by atoms with Gasteiger partial charge >= 0.3 is 5.69 Å². The van der Waals surface area contributed by atoms with E-state index in [4.69, 9.17) is 0 Å². The second-order valence-corrected chi connectivity index (χ2v) is 8.23. The number of hydrogen-bond donors (Lipinski definition) is 0. The number of rotatable bonds is 3. The molecule has 2 aromatic carbocycles. The van der Waals surface area contributed by atoms with E-state index in [0.29, 0.717) is 29.8 Å². The molecule has 0 spiro atoms. The number of nitrogens with zero attached hydrogens (tertiary/aromatic N) is 4. The van der Waals surface area contributed by atoms with Crippen molar-refractivity contribution in [3.63, 3.8) is 0 Å². The molecule has 0 fully saturated rings. The van der Waals surface area contributed by atoms with Gasteiger partial charge in [-0.3, -0.25) is 18.7 Å². The van der Waals surface area contributed by atoms with Crippen molar-refractivity contribution in [2.24, 2.45) is 14.1 Å². The summed E-state index contributed by atoms with van der Waals surface area (Å²) in [5, 5.41) is 0.360. The van der Waals surface area contributed by atoms with E-state index in [2.05, 4.69) is 0 Å². The summed E-state index contributed by atoms with van der Waals surface area (Å²) >= 11 is 0. The van der Waals surface area contributed by atoms with Gasteiger partial charge < -0.3 is 9.47 Å². The Morgan fingerprint density at radius 2 is 1.66 bits per heavy atom. The Labute approximate surface area is 184 Å². The lowest BCUT2D eigenvalue weighted by molar-refractivity contribution is 0.0977. The Morgan fingerprint density at radius 3 is 2.44 bits per heavy atom. The van der Waals surface area contributed by atoms with Crippen LogP contribution in [-0.2, 0) is 27.1 Å². The largest absolute Gasteiger partial charge is 0.332 e. The molecule has 0 radical (unpaired) electrons. The van der Waals surface area contributed by atoms with Gasteiger partial charge in [0.15, 0.2) is 0 Å². The lowest BCUT2D eigenvalue weighted by atomic mass is 10.0. The van der Waals surface area contributed by atoms with E-state index in [0.717, 1.165) is 34.2 Å².